The Morgan fingerprint density at radius 1 is 0.402 bits per heavy atom. The number of hydrogen-bond donors (Lipinski definition) is 12. The van der Waals surface area contributed by atoms with Gasteiger partial charge in [0.05, 0.1) is 39.1 Å². The zero-order chi connectivity index (χ0) is 82.5. The van der Waals surface area contributed by atoms with Crippen LogP contribution in [0.4, 0.5) is 0 Å². The Morgan fingerprint density at radius 2 is 0.696 bits per heavy atom. The number of carbonyl (C=O) groups is 10. The van der Waals surface area contributed by atoms with Crippen molar-refractivity contribution in [2.75, 3.05) is 131 Å². The molecule has 620 valence electrons. The maximum absolute atomic E-state index is 13.6. The highest BCUT2D eigenvalue weighted by atomic mass is 31.2. The van der Waals surface area contributed by atoms with Crippen LogP contribution in [0.5, 0.6) is 0 Å². The molecule has 2 aliphatic rings. The van der Waals surface area contributed by atoms with Gasteiger partial charge in [-0.2, -0.15) is 0 Å². The van der Waals surface area contributed by atoms with E-state index in [9.17, 15) is 97.5 Å². The fraction of sp³-hybridized carbons (Fsp3) is 0.575. The van der Waals surface area contributed by atoms with E-state index in [1.54, 1.807) is 0 Å². The van der Waals surface area contributed by atoms with Crippen molar-refractivity contribution >= 4 is 74.2 Å². The summed E-state index contributed by atoms with van der Waals surface area (Å²) < 4.78 is 26.4. The molecule has 0 aromatic heterocycles. The molecule has 4 aromatic rings. The standard InChI is InChI=1S/C41H66N5O5P.C39H54N5O15P/c1-7-44(8-2)26-28-46(29-27-45(9-3)10-4)39(52(5,6)51)25-24-38(47)42-31-33-18-22-36(23-19-33)40(48)43-37(41(49)50)30-32-16-20-35(21-17-32)34-14-12-11-13-15-34;45-32(14-15-33(60(57,58)59)44(18-16-42(22-34(46)47)23-35(48)49)19-17-43(24-36(50)51)25-37(52)53)40-21-27-8-12-30(13-9-27)38(54)41-31(39(55)56)20-26-6-10-29(11-7-26)28-4-2-1-3-5-28/h11-17,20-21,33,36-37,39H,7-10,18-19,22-31H2,1-6H3,(H,42,47)(H,43,48)(H,49,50);1-7,10-11,27,30-31,33H,8-9,12-25H2,(H,40,45)(H,41,54)(H,46,47)(H,48,49)(H,50,51)(H,52,53)(H,55,56)(H2,57,58,59). The molecule has 4 amide bonds. The largest absolute Gasteiger partial charge is 0.480 e. The van der Waals surface area contributed by atoms with Gasteiger partial charge in [-0.25, -0.2) is 9.59 Å². The van der Waals surface area contributed by atoms with Gasteiger partial charge in [-0.05, 0) is 149 Å². The summed E-state index contributed by atoms with van der Waals surface area (Å²) in [7, 11) is -7.58. The summed E-state index contributed by atoms with van der Waals surface area (Å²) in [5.41, 5.74) is 5.74. The summed E-state index contributed by atoms with van der Waals surface area (Å²) >= 11 is 0. The maximum Gasteiger partial charge on any atom is 0.342 e. The number of rotatable bonds is 50. The molecule has 0 heterocycles. The molecule has 0 radical (unpaired) electrons. The van der Waals surface area contributed by atoms with Gasteiger partial charge in [0.1, 0.15) is 17.9 Å². The van der Waals surface area contributed by atoms with Gasteiger partial charge in [0, 0.05) is 103 Å². The van der Waals surface area contributed by atoms with Crippen LogP contribution < -0.4 is 21.3 Å². The molecule has 0 bridgehead atoms. The molecule has 12 N–H and O–H groups in total. The first-order chi connectivity index (χ1) is 53.2. The van der Waals surface area contributed by atoms with Crippen molar-refractivity contribution < 1.29 is 97.5 Å². The third-order valence-corrected chi connectivity index (χ3v) is 24.5. The highest BCUT2D eigenvalue weighted by Gasteiger charge is 2.38. The average Bonchev–Trinajstić information content (AvgIpc) is 0.849. The highest BCUT2D eigenvalue weighted by molar-refractivity contribution is 7.63. The highest BCUT2D eigenvalue weighted by Crippen LogP contribution is 2.47. The van der Waals surface area contributed by atoms with E-state index in [1.807, 2.05) is 123 Å². The zero-order valence-electron chi connectivity index (χ0n) is 65.7. The lowest BCUT2D eigenvalue weighted by Gasteiger charge is -2.37. The lowest BCUT2D eigenvalue weighted by Crippen LogP contribution is -2.47. The molecule has 32 heteroatoms. The number of likely N-dealkylation sites (N-methyl/N-ethyl adjacent to an activating group) is 2. The number of nitrogens with one attached hydrogen (secondary N) is 4. The maximum atomic E-state index is 13.6. The van der Waals surface area contributed by atoms with Gasteiger partial charge >= 0.3 is 43.4 Å². The van der Waals surface area contributed by atoms with E-state index in [2.05, 4.69) is 63.7 Å². The SMILES string of the molecule is CCN(CC)CCN(CCN(CC)CC)C(CCC(=O)NCC1CCC(C(=O)NC(Cc2ccc(-c3ccccc3)cc2)C(=O)O)CC1)P(C)(C)=O.O=C(O)CN(CCN(CCN(CC(=O)O)CC(=O)O)C(CCC(=O)NCC1CCC(C(=O)NC(Cc2ccc(-c3ccccc3)cc2)C(=O)O)CC1)P(=O)(O)O)CC(=O)O. The number of benzene rings is 4. The molecule has 2 aliphatic carbocycles. The molecule has 2 saturated carbocycles. The fourth-order valence-electron chi connectivity index (χ4n) is 14.5. The van der Waals surface area contributed by atoms with Crippen LogP contribution in [0, 0.1) is 23.7 Å². The summed E-state index contributed by atoms with van der Waals surface area (Å²) in [6.45, 7) is 16.4. The smallest absolute Gasteiger partial charge is 0.342 e. The van der Waals surface area contributed by atoms with Gasteiger partial charge in [0.25, 0.3) is 0 Å². The van der Waals surface area contributed by atoms with Gasteiger partial charge in [-0.1, -0.05) is 137 Å². The van der Waals surface area contributed by atoms with Gasteiger partial charge in [0.15, 0.2) is 0 Å². The minimum atomic E-state index is -5.06. The number of nitrogens with zero attached hydrogens (tertiary/aromatic N) is 6. The lowest BCUT2D eigenvalue weighted by atomic mass is 9.81. The summed E-state index contributed by atoms with van der Waals surface area (Å²) in [5.74, 6) is -11.0. The van der Waals surface area contributed by atoms with Crippen LogP contribution in [0.15, 0.2) is 109 Å². The Bertz CT molecular complexity index is 3610. The summed E-state index contributed by atoms with van der Waals surface area (Å²) in [6, 6.07) is 32.8. The monoisotopic (exact) mass is 1600 g/mol. The average molecular weight is 1600 g/mol. The van der Waals surface area contributed by atoms with E-state index in [4.69, 9.17) is 0 Å². The Morgan fingerprint density at radius 3 is 0.982 bits per heavy atom. The summed E-state index contributed by atoms with van der Waals surface area (Å²) in [6.07, 6.45) is 5.30. The number of aliphatic carboxylic acids is 6. The number of amides is 4. The van der Waals surface area contributed by atoms with E-state index in [0.717, 1.165) is 108 Å². The van der Waals surface area contributed by atoms with E-state index in [1.165, 1.54) is 4.90 Å². The Labute approximate surface area is 658 Å². The first-order valence-electron chi connectivity index (χ1n) is 38.9. The third kappa shape index (κ3) is 35.0. The second-order valence-corrected chi connectivity index (χ2v) is 34.8. The Kier molecular flexibility index (Phi) is 41.0. The van der Waals surface area contributed by atoms with Crippen molar-refractivity contribution in [1.82, 2.24) is 50.7 Å². The van der Waals surface area contributed by atoms with Crippen molar-refractivity contribution in [2.24, 2.45) is 23.7 Å². The molecule has 0 saturated heterocycles. The first-order valence-corrected chi connectivity index (χ1v) is 43.3. The minimum absolute atomic E-state index is 0.0214. The van der Waals surface area contributed by atoms with E-state index >= 15 is 0 Å². The van der Waals surface area contributed by atoms with E-state index in [0.29, 0.717) is 57.9 Å². The first kappa shape index (κ1) is 94.3. The quantitative estimate of drug-likeness (QED) is 0.0198. The van der Waals surface area contributed by atoms with Crippen molar-refractivity contribution in [3.05, 3.63) is 120 Å². The minimum Gasteiger partial charge on any atom is -0.480 e. The molecule has 0 spiro atoms. The Balaban J connectivity index is 0.000000405. The normalized spacial score (nSPS) is 17.1. The van der Waals surface area contributed by atoms with Crippen LogP contribution in [0.25, 0.3) is 22.3 Å². The van der Waals surface area contributed by atoms with Gasteiger partial charge in [0.2, 0.25) is 23.6 Å². The topological polar surface area (TPSA) is 434 Å². The van der Waals surface area contributed by atoms with Crippen LogP contribution in [-0.4, -0.2) is 284 Å². The lowest BCUT2D eigenvalue weighted by molar-refractivity contribution is -0.143. The van der Waals surface area contributed by atoms with Gasteiger partial charge in [-0.15, -0.1) is 0 Å². The van der Waals surface area contributed by atoms with Crippen molar-refractivity contribution in [3.63, 3.8) is 0 Å². The van der Waals surface area contributed by atoms with Crippen LogP contribution in [0.2, 0.25) is 0 Å². The van der Waals surface area contributed by atoms with E-state index < -0.39 is 113 Å². The molecule has 30 nitrogen and oxygen atoms in total. The van der Waals surface area contributed by atoms with Crippen molar-refractivity contribution in [3.8, 4) is 22.3 Å². The van der Waals surface area contributed by atoms with Crippen LogP contribution in [-0.2, 0) is 69.9 Å². The second kappa shape index (κ2) is 48.7. The predicted molar refractivity (Wildman–Crippen MR) is 427 cm³/mol. The molecular formula is C80H120N10O20P2. The number of carboxylic acid groups (broad SMARTS) is 6. The summed E-state index contributed by atoms with van der Waals surface area (Å²) in [4.78, 5) is 153. The molecule has 6 rings (SSSR count). The van der Waals surface area contributed by atoms with Gasteiger partial charge < -0.3 is 76.1 Å². The van der Waals surface area contributed by atoms with E-state index in [-0.39, 0.29) is 93.2 Å². The number of hydrogen-bond acceptors (Lipinski definition) is 18. The van der Waals surface area contributed by atoms with Crippen LogP contribution in [0.3, 0.4) is 0 Å². The van der Waals surface area contributed by atoms with Crippen molar-refractivity contribution in [2.45, 2.75) is 141 Å². The zero-order valence-corrected chi connectivity index (χ0v) is 67.5. The Hall–Kier alpha value is -8.28. The predicted octanol–water partition coefficient (Wildman–Crippen LogP) is 7.02. The molecule has 4 unspecified atom stereocenters. The van der Waals surface area contributed by atoms with Crippen molar-refractivity contribution in [1.29, 1.82) is 0 Å². The van der Waals surface area contributed by atoms with Crippen LogP contribution in [0.1, 0.15) is 116 Å². The summed E-state index contributed by atoms with van der Waals surface area (Å²) in [5, 5.41) is 68.0. The number of carbonyl (C=O) groups excluding carboxylic acids is 4. The molecule has 0 aliphatic heterocycles. The number of carboxylic acids is 6. The molecule has 4 atom stereocenters. The molecular weight excluding hydrogens is 1480 g/mol. The third-order valence-electron chi connectivity index (χ3n) is 21.1. The van der Waals surface area contributed by atoms with Crippen LogP contribution >= 0.6 is 14.7 Å². The molecule has 4 aromatic carbocycles. The second-order valence-electron chi connectivity index (χ2n) is 29.6. The molecule has 2 fully saturated rings. The van der Waals surface area contributed by atoms with Gasteiger partial charge in [-0.3, -0.25) is 62.5 Å². The fourth-order valence-corrected chi connectivity index (χ4v) is 17.4. The molecule has 112 heavy (non-hydrogen) atoms.